The first kappa shape index (κ1) is 16.1. The van der Waals surface area contributed by atoms with Gasteiger partial charge in [-0.1, -0.05) is 13.0 Å². The summed E-state index contributed by atoms with van der Waals surface area (Å²) in [5, 5.41) is 30.6. The van der Waals surface area contributed by atoms with E-state index in [1.165, 1.54) is 25.1 Å². The molecular formula is C13H13N3O5. The fourth-order valence-electron chi connectivity index (χ4n) is 1.69. The second-order valence-corrected chi connectivity index (χ2v) is 4.44. The van der Waals surface area contributed by atoms with Gasteiger partial charge in [0.15, 0.2) is 0 Å². The Hall–Kier alpha value is -2.95. The molecule has 110 valence electrons. The number of nitriles is 1. The van der Waals surface area contributed by atoms with Crippen LogP contribution in [0.15, 0.2) is 24.3 Å². The van der Waals surface area contributed by atoms with Crippen LogP contribution in [0, 0.1) is 27.4 Å². The number of carbonyl (C=O) groups excluding carboxylic acids is 1. The third-order valence-corrected chi connectivity index (χ3v) is 2.85. The Kier molecular flexibility index (Phi) is 5.37. The van der Waals surface area contributed by atoms with E-state index in [4.69, 9.17) is 10.4 Å². The molecule has 0 unspecified atom stereocenters. The van der Waals surface area contributed by atoms with Gasteiger partial charge in [-0.2, -0.15) is 5.26 Å². The molecule has 1 amide bonds. The zero-order valence-corrected chi connectivity index (χ0v) is 11.1. The Morgan fingerprint density at radius 2 is 2.19 bits per heavy atom. The standard InChI is InChI=1S/C13H13N3O5/c1-8(5-6-14)11(13(18)19)15-12(17)9-3-2-4-10(7-9)16(20)21/h2-4,7-8,11H,5H2,1H3,(H,15,17)(H,18,19)/t8-,11+/m0/s1. The molecule has 0 bridgehead atoms. The number of carboxylic acid groups (broad SMARTS) is 1. The van der Waals surface area contributed by atoms with Crippen molar-refractivity contribution in [3.05, 3.63) is 39.9 Å². The van der Waals surface area contributed by atoms with E-state index in [-0.39, 0.29) is 17.7 Å². The average Bonchev–Trinajstić information content (AvgIpc) is 2.44. The lowest BCUT2D eigenvalue weighted by molar-refractivity contribution is -0.384. The molecule has 0 radical (unpaired) electrons. The molecule has 8 heteroatoms. The molecule has 0 fully saturated rings. The van der Waals surface area contributed by atoms with E-state index in [9.17, 15) is 19.7 Å². The number of nitro benzene ring substituents is 1. The lowest BCUT2D eigenvalue weighted by Crippen LogP contribution is -2.45. The van der Waals surface area contributed by atoms with E-state index in [2.05, 4.69) is 5.32 Å². The molecule has 0 aromatic heterocycles. The number of hydrogen-bond acceptors (Lipinski definition) is 5. The van der Waals surface area contributed by atoms with E-state index in [0.717, 1.165) is 6.07 Å². The molecular weight excluding hydrogens is 278 g/mol. The average molecular weight is 291 g/mol. The van der Waals surface area contributed by atoms with Crippen molar-refractivity contribution < 1.29 is 19.6 Å². The first-order valence-corrected chi connectivity index (χ1v) is 6.02. The number of benzene rings is 1. The van der Waals surface area contributed by atoms with Crippen molar-refractivity contribution in [1.82, 2.24) is 5.32 Å². The van der Waals surface area contributed by atoms with Crippen molar-refractivity contribution in [3.8, 4) is 6.07 Å². The number of carboxylic acids is 1. The number of non-ortho nitro benzene ring substituents is 1. The minimum atomic E-state index is -1.27. The fraction of sp³-hybridized carbons (Fsp3) is 0.308. The van der Waals surface area contributed by atoms with E-state index < -0.39 is 28.8 Å². The first-order valence-electron chi connectivity index (χ1n) is 6.02. The normalized spacial score (nSPS) is 12.8. The summed E-state index contributed by atoms with van der Waals surface area (Å²) in [7, 11) is 0. The first-order chi connectivity index (χ1) is 9.86. The van der Waals surface area contributed by atoms with Gasteiger partial charge in [0.25, 0.3) is 11.6 Å². The van der Waals surface area contributed by atoms with Gasteiger partial charge in [0.05, 0.1) is 11.0 Å². The van der Waals surface area contributed by atoms with Crippen molar-refractivity contribution in [1.29, 1.82) is 5.26 Å². The molecule has 0 aliphatic heterocycles. The maximum absolute atomic E-state index is 12.0. The van der Waals surface area contributed by atoms with Gasteiger partial charge in [0, 0.05) is 30.0 Å². The Balaban J connectivity index is 2.92. The van der Waals surface area contributed by atoms with Gasteiger partial charge in [-0.05, 0) is 6.07 Å². The third-order valence-electron chi connectivity index (χ3n) is 2.85. The highest BCUT2D eigenvalue weighted by Gasteiger charge is 2.27. The summed E-state index contributed by atoms with van der Waals surface area (Å²) in [5.74, 6) is -2.59. The van der Waals surface area contributed by atoms with E-state index in [0.29, 0.717) is 0 Å². The summed E-state index contributed by atoms with van der Waals surface area (Å²) in [6, 6.07) is 5.56. The number of hydrogen-bond donors (Lipinski definition) is 2. The Morgan fingerprint density at radius 3 is 2.71 bits per heavy atom. The van der Waals surface area contributed by atoms with Crippen molar-refractivity contribution in [2.24, 2.45) is 5.92 Å². The number of nitrogens with zero attached hydrogens (tertiary/aromatic N) is 2. The number of nitro groups is 1. The summed E-state index contributed by atoms with van der Waals surface area (Å²) < 4.78 is 0. The molecule has 2 N–H and O–H groups in total. The van der Waals surface area contributed by atoms with E-state index in [1.807, 2.05) is 6.07 Å². The molecule has 0 heterocycles. The maximum atomic E-state index is 12.0. The number of amides is 1. The van der Waals surface area contributed by atoms with Crippen LogP contribution < -0.4 is 5.32 Å². The summed E-state index contributed by atoms with van der Waals surface area (Å²) in [5.41, 5.74) is -0.279. The van der Waals surface area contributed by atoms with Crippen molar-refractivity contribution in [2.75, 3.05) is 0 Å². The lowest BCUT2D eigenvalue weighted by Gasteiger charge is -2.19. The minimum absolute atomic E-state index is 0.0143. The smallest absolute Gasteiger partial charge is 0.326 e. The van der Waals surface area contributed by atoms with E-state index in [1.54, 1.807) is 0 Å². The molecule has 0 spiro atoms. The SMILES string of the molecule is C[C@@H](CC#N)[C@@H](NC(=O)c1cccc([N+](=O)[O-])c1)C(=O)O. The van der Waals surface area contributed by atoms with Crippen LogP contribution >= 0.6 is 0 Å². The van der Waals surface area contributed by atoms with Crippen molar-refractivity contribution in [3.63, 3.8) is 0 Å². The van der Waals surface area contributed by atoms with Crippen LogP contribution in [0.5, 0.6) is 0 Å². The van der Waals surface area contributed by atoms with Gasteiger partial charge in [0.1, 0.15) is 6.04 Å². The number of carbonyl (C=O) groups is 2. The van der Waals surface area contributed by atoms with Gasteiger partial charge in [0.2, 0.25) is 0 Å². The summed E-state index contributed by atoms with van der Waals surface area (Å²) in [4.78, 5) is 33.1. The van der Waals surface area contributed by atoms with E-state index >= 15 is 0 Å². The van der Waals surface area contributed by atoms with Crippen LogP contribution in [-0.2, 0) is 4.79 Å². The van der Waals surface area contributed by atoms with Gasteiger partial charge in [-0.15, -0.1) is 0 Å². The van der Waals surface area contributed by atoms with Crippen LogP contribution in [0.2, 0.25) is 0 Å². The summed E-state index contributed by atoms with van der Waals surface area (Å²) in [6.07, 6.45) is -0.0355. The fourth-order valence-corrected chi connectivity index (χ4v) is 1.69. The van der Waals surface area contributed by atoms with Crippen molar-refractivity contribution >= 4 is 17.6 Å². The lowest BCUT2D eigenvalue weighted by atomic mass is 9.98. The highest BCUT2D eigenvalue weighted by molar-refractivity contribution is 5.97. The van der Waals surface area contributed by atoms with Crippen LogP contribution in [0.3, 0.4) is 0 Å². The highest BCUT2D eigenvalue weighted by atomic mass is 16.6. The quantitative estimate of drug-likeness (QED) is 0.599. The predicted octanol–water partition coefficient (Wildman–Crippen LogP) is 1.33. The number of aliphatic carboxylic acids is 1. The predicted molar refractivity (Wildman–Crippen MR) is 71.4 cm³/mol. The Bertz CT molecular complexity index is 608. The molecule has 0 saturated carbocycles. The molecule has 1 aromatic carbocycles. The minimum Gasteiger partial charge on any atom is -0.480 e. The topological polar surface area (TPSA) is 133 Å². The maximum Gasteiger partial charge on any atom is 0.326 e. The Morgan fingerprint density at radius 1 is 1.52 bits per heavy atom. The zero-order chi connectivity index (χ0) is 16.0. The number of rotatable bonds is 6. The molecule has 0 aliphatic rings. The van der Waals surface area contributed by atoms with Gasteiger partial charge >= 0.3 is 5.97 Å². The van der Waals surface area contributed by atoms with Crippen LogP contribution in [-0.4, -0.2) is 27.9 Å². The van der Waals surface area contributed by atoms with Crippen molar-refractivity contribution in [2.45, 2.75) is 19.4 Å². The van der Waals surface area contributed by atoms with Gasteiger partial charge < -0.3 is 10.4 Å². The Labute approximate surface area is 120 Å². The molecule has 1 aromatic rings. The highest BCUT2D eigenvalue weighted by Crippen LogP contribution is 2.14. The van der Waals surface area contributed by atoms with Gasteiger partial charge in [-0.25, -0.2) is 4.79 Å². The largest absolute Gasteiger partial charge is 0.480 e. The zero-order valence-electron chi connectivity index (χ0n) is 11.1. The van der Waals surface area contributed by atoms with Crippen LogP contribution in [0.4, 0.5) is 5.69 Å². The molecule has 8 nitrogen and oxygen atoms in total. The summed E-state index contributed by atoms with van der Waals surface area (Å²) in [6.45, 7) is 1.52. The monoisotopic (exact) mass is 291 g/mol. The second kappa shape index (κ2) is 7.00. The molecule has 21 heavy (non-hydrogen) atoms. The summed E-state index contributed by atoms with van der Waals surface area (Å²) >= 11 is 0. The molecule has 0 saturated heterocycles. The molecule has 2 atom stereocenters. The molecule has 1 rings (SSSR count). The number of nitrogens with one attached hydrogen (secondary N) is 1. The molecule has 0 aliphatic carbocycles. The third kappa shape index (κ3) is 4.28. The van der Waals surface area contributed by atoms with Gasteiger partial charge in [-0.3, -0.25) is 14.9 Å². The second-order valence-electron chi connectivity index (χ2n) is 4.44. The van der Waals surface area contributed by atoms with Crippen LogP contribution in [0.25, 0.3) is 0 Å². The van der Waals surface area contributed by atoms with Crippen LogP contribution in [0.1, 0.15) is 23.7 Å².